The monoisotopic (exact) mass is 282 g/mol. The van der Waals surface area contributed by atoms with E-state index in [1.807, 2.05) is 0 Å². The van der Waals surface area contributed by atoms with E-state index in [0.29, 0.717) is 11.3 Å². The Morgan fingerprint density at radius 3 is 2.40 bits per heavy atom. The van der Waals surface area contributed by atoms with E-state index in [1.165, 1.54) is 13.3 Å². The highest BCUT2D eigenvalue weighted by molar-refractivity contribution is 5.43. The van der Waals surface area contributed by atoms with Crippen LogP contribution in [0.15, 0.2) is 36.5 Å². The normalized spacial score (nSPS) is 11.4. The van der Waals surface area contributed by atoms with Crippen molar-refractivity contribution in [1.29, 1.82) is 0 Å². The molecule has 0 saturated heterocycles. The van der Waals surface area contributed by atoms with Gasteiger partial charge in [-0.1, -0.05) is 12.1 Å². The summed E-state index contributed by atoms with van der Waals surface area (Å²) in [5.41, 5.74) is 5.25. The number of halogens is 3. The third-order valence-corrected chi connectivity index (χ3v) is 2.83. The van der Waals surface area contributed by atoms with Gasteiger partial charge >= 0.3 is 6.18 Å². The summed E-state index contributed by atoms with van der Waals surface area (Å²) in [7, 11) is 1.53. The van der Waals surface area contributed by atoms with Crippen molar-refractivity contribution >= 4 is 5.69 Å². The smallest absolute Gasteiger partial charge is 0.418 e. The minimum atomic E-state index is -4.47. The number of aromatic nitrogens is 1. The maximum atomic E-state index is 12.9. The molecular weight excluding hydrogens is 269 g/mol. The second kappa shape index (κ2) is 5.40. The quantitative estimate of drug-likeness (QED) is 0.939. The number of nitrogen functional groups attached to an aromatic ring is 1. The third-order valence-electron chi connectivity index (χ3n) is 2.83. The van der Waals surface area contributed by atoms with Crippen LogP contribution in [0, 0.1) is 0 Å². The molecule has 0 radical (unpaired) electrons. The zero-order valence-electron chi connectivity index (χ0n) is 10.7. The molecule has 1 aromatic carbocycles. The molecule has 0 fully saturated rings. The second-order valence-electron chi connectivity index (χ2n) is 4.29. The molecule has 6 heteroatoms. The van der Waals surface area contributed by atoms with Gasteiger partial charge in [0.15, 0.2) is 0 Å². The predicted octanol–water partition coefficient (Wildman–Crippen LogP) is 3.28. The van der Waals surface area contributed by atoms with Crippen LogP contribution in [-0.4, -0.2) is 12.1 Å². The van der Waals surface area contributed by atoms with Gasteiger partial charge in [0.05, 0.1) is 30.3 Å². The number of nitrogens with two attached hydrogens (primary N) is 1. The lowest BCUT2D eigenvalue weighted by atomic mass is 10.0. The van der Waals surface area contributed by atoms with Gasteiger partial charge in [-0.3, -0.25) is 4.98 Å². The number of pyridine rings is 1. The lowest BCUT2D eigenvalue weighted by molar-refractivity contribution is -0.138. The van der Waals surface area contributed by atoms with Gasteiger partial charge in [-0.15, -0.1) is 0 Å². The van der Waals surface area contributed by atoms with Gasteiger partial charge in [0.25, 0.3) is 0 Å². The van der Waals surface area contributed by atoms with Crippen LogP contribution >= 0.6 is 0 Å². The Hall–Kier alpha value is -2.24. The first-order valence-corrected chi connectivity index (χ1v) is 5.84. The highest BCUT2D eigenvalue weighted by Crippen LogP contribution is 2.33. The summed E-state index contributed by atoms with van der Waals surface area (Å²) in [5.74, 6) is 0.648. The van der Waals surface area contributed by atoms with Crippen LogP contribution in [-0.2, 0) is 12.6 Å². The Labute approximate surface area is 114 Å². The first-order valence-electron chi connectivity index (χ1n) is 5.84. The van der Waals surface area contributed by atoms with E-state index in [1.54, 1.807) is 24.3 Å². The van der Waals surface area contributed by atoms with Gasteiger partial charge in [-0.2, -0.15) is 13.2 Å². The zero-order chi connectivity index (χ0) is 14.8. The largest absolute Gasteiger partial charge is 0.497 e. The standard InChI is InChI=1S/C14H13F3N2O/c1-20-11-4-2-9(3-5-11)6-13-12(14(15,16)17)7-10(18)8-19-13/h2-5,7-8H,6,18H2,1H3. The lowest BCUT2D eigenvalue weighted by Crippen LogP contribution is -2.12. The minimum absolute atomic E-state index is 0.00388. The van der Waals surface area contributed by atoms with E-state index < -0.39 is 11.7 Å². The van der Waals surface area contributed by atoms with Crippen LogP contribution in [0.1, 0.15) is 16.8 Å². The molecule has 106 valence electrons. The summed E-state index contributed by atoms with van der Waals surface area (Å²) >= 11 is 0. The molecule has 0 aliphatic heterocycles. The summed E-state index contributed by atoms with van der Waals surface area (Å²) in [6.07, 6.45) is -3.16. The van der Waals surface area contributed by atoms with Crippen LogP contribution < -0.4 is 10.5 Å². The Balaban J connectivity index is 2.32. The SMILES string of the molecule is COc1ccc(Cc2ncc(N)cc2C(F)(F)F)cc1. The van der Waals surface area contributed by atoms with E-state index >= 15 is 0 Å². The number of hydrogen-bond donors (Lipinski definition) is 1. The molecule has 2 aromatic rings. The summed E-state index contributed by atoms with van der Waals surface area (Å²) < 4.78 is 43.8. The third kappa shape index (κ3) is 3.20. The van der Waals surface area contributed by atoms with Gasteiger partial charge in [0.2, 0.25) is 0 Å². The molecule has 0 aliphatic carbocycles. The first-order chi connectivity index (χ1) is 9.40. The molecule has 0 aliphatic rings. The van der Waals surface area contributed by atoms with Crippen molar-refractivity contribution in [3.05, 3.63) is 53.3 Å². The van der Waals surface area contributed by atoms with Crippen LogP contribution in [0.4, 0.5) is 18.9 Å². The van der Waals surface area contributed by atoms with Gasteiger partial charge < -0.3 is 10.5 Å². The average molecular weight is 282 g/mol. The number of methoxy groups -OCH3 is 1. The molecule has 2 rings (SSSR count). The van der Waals surface area contributed by atoms with Crippen molar-refractivity contribution in [2.24, 2.45) is 0 Å². The van der Waals surface area contributed by atoms with E-state index in [9.17, 15) is 13.2 Å². The van der Waals surface area contributed by atoms with Gasteiger partial charge in [-0.25, -0.2) is 0 Å². The minimum Gasteiger partial charge on any atom is -0.497 e. The van der Waals surface area contributed by atoms with Gasteiger partial charge in [0.1, 0.15) is 5.75 Å². The first kappa shape index (κ1) is 14.2. The number of ether oxygens (including phenoxy) is 1. The fourth-order valence-corrected chi connectivity index (χ4v) is 1.83. The van der Waals surface area contributed by atoms with Crippen molar-refractivity contribution in [2.45, 2.75) is 12.6 Å². The topological polar surface area (TPSA) is 48.1 Å². The summed E-state index contributed by atoms with van der Waals surface area (Å²) in [4.78, 5) is 3.81. The Morgan fingerprint density at radius 2 is 1.85 bits per heavy atom. The molecule has 0 amide bonds. The molecule has 0 atom stereocenters. The van der Waals surface area contributed by atoms with Gasteiger partial charge in [0, 0.05) is 6.42 Å². The Bertz CT molecular complexity index is 594. The molecule has 0 saturated carbocycles. The number of nitrogens with zero attached hydrogens (tertiary/aromatic N) is 1. The van der Waals surface area contributed by atoms with Gasteiger partial charge in [-0.05, 0) is 23.8 Å². The molecule has 1 aromatic heterocycles. The number of alkyl halides is 3. The summed E-state index contributed by atoms with van der Waals surface area (Å²) in [6.45, 7) is 0. The maximum absolute atomic E-state index is 12.9. The Kier molecular flexibility index (Phi) is 3.83. The molecular formula is C14H13F3N2O. The molecule has 0 spiro atoms. The fourth-order valence-electron chi connectivity index (χ4n) is 1.83. The van der Waals surface area contributed by atoms with E-state index in [4.69, 9.17) is 10.5 Å². The summed E-state index contributed by atoms with van der Waals surface area (Å²) in [6, 6.07) is 7.71. The molecule has 2 N–H and O–H groups in total. The van der Waals surface area contributed by atoms with E-state index in [2.05, 4.69) is 4.98 Å². The van der Waals surface area contributed by atoms with Crippen molar-refractivity contribution in [2.75, 3.05) is 12.8 Å². The predicted molar refractivity (Wildman–Crippen MR) is 69.5 cm³/mol. The molecule has 3 nitrogen and oxygen atoms in total. The molecule has 0 bridgehead atoms. The highest BCUT2D eigenvalue weighted by Gasteiger charge is 2.34. The van der Waals surface area contributed by atoms with Crippen molar-refractivity contribution in [3.63, 3.8) is 0 Å². The van der Waals surface area contributed by atoms with E-state index in [-0.39, 0.29) is 17.8 Å². The van der Waals surface area contributed by atoms with Crippen molar-refractivity contribution in [3.8, 4) is 5.75 Å². The van der Waals surface area contributed by atoms with Crippen LogP contribution in [0.5, 0.6) is 5.75 Å². The fraction of sp³-hybridized carbons (Fsp3) is 0.214. The zero-order valence-corrected chi connectivity index (χ0v) is 10.7. The van der Waals surface area contributed by atoms with Crippen molar-refractivity contribution < 1.29 is 17.9 Å². The number of rotatable bonds is 3. The lowest BCUT2D eigenvalue weighted by Gasteiger charge is -2.12. The number of hydrogen-bond acceptors (Lipinski definition) is 3. The molecule has 1 heterocycles. The molecule has 20 heavy (non-hydrogen) atoms. The highest BCUT2D eigenvalue weighted by atomic mass is 19.4. The van der Waals surface area contributed by atoms with E-state index in [0.717, 1.165) is 6.07 Å². The number of benzene rings is 1. The van der Waals surface area contributed by atoms with Crippen molar-refractivity contribution in [1.82, 2.24) is 4.98 Å². The Morgan fingerprint density at radius 1 is 1.20 bits per heavy atom. The average Bonchev–Trinajstić information content (AvgIpc) is 2.40. The van der Waals surface area contributed by atoms with Crippen LogP contribution in [0.2, 0.25) is 0 Å². The molecule has 0 unspecified atom stereocenters. The summed E-state index contributed by atoms with van der Waals surface area (Å²) in [5, 5.41) is 0. The van der Waals surface area contributed by atoms with Crippen LogP contribution in [0.3, 0.4) is 0 Å². The number of anilines is 1. The maximum Gasteiger partial charge on any atom is 0.418 e. The second-order valence-corrected chi connectivity index (χ2v) is 4.29. The van der Waals surface area contributed by atoms with Crippen LogP contribution in [0.25, 0.3) is 0 Å².